The molecule has 0 bridgehead atoms. The second kappa shape index (κ2) is 9.23. The molecule has 31 heavy (non-hydrogen) atoms. The Morgan fingerprint density at radius 3 is 2.81 bits per heavy atom. The minimum Gasteiger partial charge on any atom is -0.466 e. The molecule has 1 aliphatic rings. The third kappa shape index (κ3) is 4.72. The SMILES string of the molecule is COC(=O)/C=C/c1ccc(N2CC[C@H](N[C@H](C)c3cccc4ccccc34)C2)cc1N. The summed E-state index contributed by atoms with van der Waals surface area (Å²) in [4.78, 5) is 13.7. The molecule has 0 spiro atoms. The Morgan fingerprint density at radius 1 is 1.19 bits per heavy atom. The van der Waals surface area contributed by atoms with Crippen LogP contribution in [0.5, 0.6) is 0 Å². The summed E-state index contributed by atoms with van der Waals surface area (Å²) in [5.74, 6) is -0.391. The maximum absolute atomic E-state index is 11.3. The van der Waals surface area contributed by atoms with Gasteiger partial charge in [-0.2, -0.15) is 0 Å². The molecule has 1 saturated heterocycles. The average Bonchev–Trinajstić information content (AvgIpc) is 3.26. The molecule has 1 heterocycles. The standard InChI is InChI=1S/C26H29N3O2/c1-18(23-9-5-7-19-6-3-4-8-24(19)23)28-21-14-15-29(17-21)22-12-10-20(25(27)16-22)11-13-26(30)31-2/h3-13,16,18,21,28H,14-15,17,27H2,1-2H3/b13-11+/t18-,21+/m1/s1. The maximum atomic E-state index is 11.3. The lowest BCUT2D eigenvalue weighted by atomic mass is 9.99. The topological polar surface area (TPSA) is 67.6 Å². The monoisotopic (exact) mass is 415 g/mol. The van der Waals surface area contributed by atoms with E-state index in [2.05, 4.69) is 70.4 Å². The van der Waals surface area contributed by atoms with Crippen molar-refractivity contribution < 1.29 is 9.53 Å². The fraction of sp³-hybridized carbons (Fsp3) is 0.269. The summed E-state index contributed by atoms with van der Waals surface area (Å²) in [6.45, 7) is 4.16. The molecule has 5 heteroatoms. The number of anilines is 2. The quantitative estimate of drug-likeness (QED) is 0.352. The van der Waals surface area contributed by atoms with Gasteiger partial charge in [0.15, 0.2) is 0 Å². The molecule has 0 aromatic heterocycles. The summed E-state index contributed by atoms with van der Waals surface area (Å²) in [5, 5.41) is 6.40. The molecule has 0 radical (unpaired) electrons. The Bertz CT molecular complexity index is 1100. The van der Waals surface area contributed by atoms with Crippen LogP contribution in [0.4, 0.5) is 11.4 Å². The third-order valence-electron chi connectivity index (χ3n) is 6.00. The van der Waals surface area contributed by atoms with Crippen molar-refractivity contribution in [3.8, 4) is 0 Å². The number of nitrogen functional groups attached to an aromatic ring is 1. The number of carbonyl (C=O) groups is 1. The first kappa shape index (κ1) is 20.9. The minimum absolute atomic E-state index is 0.270. The van der Waals surface area contributed by atoms with Gasteiger partial charge in [0, 0.05) is 42.6 Å². The number of fused-ring (bicyclic) bond motifs is 1. The third-order valence-corrected chi connectivity index (χ3v) is 6.00. The molecule has 3 aromatic carbocycles. The van der Waals surface area contributed by atoms with E-state index < -0.39 is 5.97 Å². The second-order valence-corrected chi connectivity index (χ2v) is 8.06. The molecule has 3 N–H and O–H groups in total. The summed E-state index contributed by atoms with van der Waals surface area (Å²) >= 11 is 0. The predicted octanol–water partition coefficient (Wildman–Crippen LogP) is 4.54. The van der Waals surface area contributed by atoms with Gasteiger partial charge in [-0.15, -0.1) is 0 Å². The number of hydrogen-bond acceptors (Lipinski definition) is 5. The summed E-state index contributed by atoms with van der Waals surface area (Å²) in [5.41, 5.74) is 10.1. The van der Waals surface area contributed by atoms with E-state index in [9.17, 15) is 4.79 Å². The lowest BCUT2D eigenvalue weighted by Gasteiger charge is -2.23. The molecule has 0 unspecified atom stereocenters. The van der Waals surface area contributed by atoms with Gasteiger partial charge in [0.05, 0.1) is 7.11 Å². The van der Waals surface area contributed by atoms with E-state index in [-0.39, 0.29) is 6.04 Å². The Kier molecular flexibility index (Phi) is 6.23. The number of rotatable bonds is 6. The summed E-state index contributed by atoms with van der Waals surface area (Å²) in [6, 6.07) is 21.7. The van der Waals surface area contributed by atoms with Gasteiger partial charge in [-0.05, 0) is 53.5 Å². The number of esters is 1. The highest BCUT2D eigenvalue weighted by atomic mass is 16.5. The second-order valence-electron chi connectivity index (χ2n) is 8.06. The van der Waals surface area contributed by atoms with E-state index in [1.54, 1.807) is 6.08 Å². The van der Waals surface area contributed by atoms with Crippen LogP contribution in [0.3, 0.4) is 0 Å². The van der Waals surface area contributed by atoms with Gasteiger partial charge in [-0.3, -0.25) is 0 Å². The molecular formula is C26H29N3O2. The zero-order chi connectivity index (χ0) is 21.8. The number of carbonyl (C=O) groups excluding carboxylic acids is 1. The highest BCUT2D eigenvalue weighted by Gasteiger charge is 2.25. The van der Waals surface area contributed by atoms with Gasteiger partial charge >= 0.3 is 5.97 Å². The number of benzene rings is 3. The van der Waals surface area contributed by atoms with Crippen LogP contribution in [0.15, 0.2) is 66.7 Å². The van der Waals surface area contributed by atoms with Crippen molar-refractivity contribution in [2.24, 2.45) is 0 Å². The smallest absolute Gasteiger partial charge is 0.330 e. The zero-order valence-corrected chi connectivity index (χ0v) is 18.0. The minimum atomic E-state index is -0.391. The molecule has 3 aromatic rings. The molecule has 0 aliphatic carbocycles. The van der Waals surface area contributed by atoms with Crippen LogP contribution in [0.1, 0.15) is 30.5 Å². The van der Waals surface area contributed by atoms with Crippen molar-refractivity contribution in [3.63, 3.8) is 0 Å². The largest absolute Gasteiger partial charge is 0.466 e. The Balaban J connectivity index is 1.42. The lowest BCUT2D eigenvalue weighted by molar-refractivity contribution is -0.134. The van der Waals surface area contributed by atoms with Gasteiger partial charge < -0.3 is 20.7 Å². The Hall–Kier alpha value is -3.31. The van der Waals surface area contributed by atoms with E-state index in [1.165, 1.54) is 29.5 Å². The highest BCUT2D eigenvalue weighted by Crippen LogP contribution is 2.28. The summed E-state index contributed by atoms with van der Waals surface area (Å²) < 4.78 is 4.63. The van der Waals surface area contributed by atoms with E-state index in [0.717, 1.165) is 30.8 Å². The number of hydrogen-bond donors (Lipinski definition) is 2. The molecule has 0 saturated carbocycles. The van der Waals surface area contributed by atoms with Crippen molar-refractivity contribution >= 4 is 34.2 Å². The molecule has 1 aliphatic heterocycles. The van der Waals surface area contributed by atoms with Gasteiger partial charge in [0.25, 0.3) is 0 Å². The normalized spacial score (nSPS) is 17.4. The molecule has 2 atom stereocenters. The Labute approximate surface area is 183 Å². The predicted molar refractivity (Wildman–Crippen MR) is 128 cm³/mol. The van der Waals surface area contributed by atoms with Crippen LogP contribution in [0, 0.1) is 0 Å². The lowest BCUT2D eigenvalue weighted by Crippen LogP contribution is -2.34. The number of nitrogens with zero attached hydrogens (tertiary/aromatic N) is 1. The first-order chi connectivity index (χ1) is 15.0. The van der Waals surface area contributed by atoms with Crippen molar-refractivity contribution in [1.29, 1.82) is 0 Å². The van der Waals surface area contributed by atoms with Crippen LogP contribution in [-0.2, 0) is 9.53 Å². The number of methoxy groups -OCH3 is 1. The molecular weight excluding hydrogens is 386 g/mol. The van der Waals surface area contributed by atoms with Crippen molar-refractivity contribution in [2.45, 2.75) is 25.4 Å². The van der Waals surface area contributed by atoms with Crippen LogP contribution < -0.4 is 16.0 Å². The highest BCUT2D eigenvalue weighted by molar-refractivity contribution is 5.88. The van der Waals surface area contributed by atoms with Gasteiger partial charge in [-0.25, -0.2) is 4.79 Å². The van der Waals surface area contributed by atoms with Gasteiger partial charge in [-0.1, -0.05) is 48.5 Å². The Morgan fingerprint density at radius 2 is 2.00 bits per heavy atom. The fourth-order valence-electron chi connectivity index (χ4n) is 4.34. The first-order valence-corrected chi connectivity index (χ1v) is 10.7. The van der Waals surface area contributed by atoms with Crippen molar-refractivity contribution in [1.82, 2.24) is 5.32 Å². The first-order valence-electron chi connectivity index (χ1n) is 10.7. The zero-order valence-electron chi connectivity index (χ0n) is 18.0. The number of ether oxygens (including phenoxy) is 1. The number of nitrogens with one attached hydrogen (secondary N) is 1. The van der Waals surface area contributed by atoms with Crippen molar-refractivity contribution in [2.75, 3.05) is 30.8 Å². The number of nitrogens with two attached hydrogens (primary N) is 1. The van der Waals surface area contributed by atoms with E-state index in [1.807, 2.05) is 12.1 Å². The van der Waals surface area contributed by atoms with Gasteiger partial charge in [0.2, 0.25) is 0 Å². The molecule has 0 amide bonds. The van der Waals surface area contributed by atoms with Crippen LogP contribution in [0.2, 0.25) is 0 Å². The van der Waals surface area contributed by atoms with Gasteiger partial charge in [0.1, 0.15) is 0 Å². The van der Waals surface area contributed by atoms with E-state index in [0.29, 0.717) is 11.7 Å². The molecule has 160 valence electrons. The van der Waals surface area contributed by atoms with E-state index >= 15 is 0 Å². The van der Waals surface area contributed by atoms with E-state index in [4.69, 9.17) is 5.73 Å². The maximum Gasteiger partial charge on any atom is 0.330 e. The summed E-state index contributed by atoms with van der Waals surface area (Å²) in [7, 11) is 1.36. The van der Waals surface area contributed by atoms with Crippen LogP contribution >= 0.6 is 0 Å². The fourth-order valence-corrected chi connectivity index (χ4v) is 4.34. The molecule has 1 fully saturated rings. The average molecular weight is 416 g/mol. The molecule has 4 rings (SSSR count). The van der Waals surface area contributed by atoms with Crippen molar-refractivity contribution in [3.05, 3.63) is 77.9 Å². The summed E-state index contributed by atoms with van der Waals surface area (Å²) in [6.07, 6.45) is 4.15. The molecule has 5 nitrogen and oxygen atoms in total. The van der Waals surface area contributed by atoms with Crippen LogP contribution in [0.25, 0.3) is 16.8 Å². The van der Waals surface area contributed by atoms with Crippen LogP contribution in [-0.4, -0.2) is 32.2 Å².